The molecule has 5 heteroatoms. The van der Waals surface area contributed by atoms with Gasteiger partial charge in [-0.25, -0.2) is 5.84 Å². The molecule has 2 rings (SSSR count). The van der Waals surface area contributed by atoms with Crippen molar-refractivity contribution in [2.24, 2.45) is 10.8 Å². The van der Waals surface area contributed by atoms with Gasteiger partial charge in [-0.2, -0.15) is 0 Å². The molecule has 0 aromatic carbocycles. The summed E-state index contributed by atoms with van der Waals surface area (Å²) >= 11 is 0. The Morgan fingerprint density at radius 3 is 3.00 bits per heavy atom. The molecule has 2 aliphatic rings. The van der Waals surface area contributed by atoms with Gasteiger partial charge in [-0.1, -0.05) is 6.92 Å². The number of hydrazine groups is 1. The molecule has 0 amide bonds. The highest BCUT2D eigenvalue weighted by molar-refractivity contribution is 5.79. The van der Waals surface area contributed by atoms with E-state index in [2.05, 4.69) is 34.1 Å². The lowest BCUT2D eigenvalue weighted by atomic mass is 10.1. The first kappa shape index (κ1) is 12.6. The van der Waals surface area contributed by atoms with Crippen molar-refractivity contribution >= 4 is 5.96 Å². The smallest absolute Gasteiger partial charge is 0.208 e. The highest BCUT2D eigenvalue weighted by atomic mass is 15.4. The maximum absolute atomic E-state index is 5.61. The molecular weight excluding hydrogens is 214 g/mol. The molecule has 17 heavy (non-hydrogen) atoms. The molecule has 0 saturated carbocycles. The monoisotopic (exact) mass is 239 g/mol. The fourth-order valence-electron chi connectivity index (χ4n) is 2.92. The van der Waals surface area contributed by atoms with Gasteiger partial charge in [0, 0.05) is 31.7 Å². The average molecular weight is 239 g/mol. The first-order valence-corrected chi connectivity index (χ1v) is 6.78. The Bertz CT molecular complexity index is 278. The van der Waals surface area contributed by atoms with Crippen molar-refractivity contribution in [3.05, 3.63) is 0 Å². The molecule has 0 aromatic heterocycles. The second kappa shape index (κ2) is 5.69. The molecule has 3 N–H and O–H groups in total. The lowest BCUT2D eigenvalue weighted by Gasteiger charge is -2.43. The molecule has 2 fully saturated rings. The maximum Gasteiger partial charge on any atom is 0.208 e. The molecule has 0 bridgehead atoms. The van der Waals surface area contributed by atoms with Crippen LogP contribution in [0.25, 0.3) is 0 Å². The Morgan fingerprint density at radius 2 is 2.29 bits per heavy atom. The van der Waals surface area contributed by atoms with E-state index >= 15 is 0 Å². The number of nitrogens with zero attached hydrogens (tertiary/aromatic N) is 3. The summed E-state index contributed by atoms with van der Waals surface area (Å²) in [5, 5.41) is 0. The minimum Gasteiger partial charge on any atom is -0.336 e. The van der Waals surface area contributed by atoms with E-state index in [0.717, 1.165) is 32.0 Å². The second-order valence-corrected chi connectivity index (χ2v) is 5.14. The summed E-state index contributed by atoms with van der Waals surface area (Å²) in [6.45, 7) is 8.70. The van der Waals surface area contributed by atoms with Gasteiger partial charge in [-0.15, -0.1) is 0 Å². The Balaban J connectivity index is 2.03. The van der Waals surface area contributed by atoms with Crippen LogP contribution >= 0.6 is 0 Å². The average Bonchev–Trinajstić information content (AvgIpc) is 2.77. The molecule has 0 spiro atoms. The molecule has 0 radical (unpaired) electrons. The third-order valence-electron chi connectivity index (χ3n) is 3.82. The Morgan fingerprint density at radius 1 is 1.47 bits per heavy atom. The first-order chi connectivity index (χ1) is 8.26. The zero-order chi connectivity index (χ0) is 12.3. The number of hydrogen-bond donors (Lipinski definition) is 2. The van der Waals surface area contributed by atoms with E-state index in [-0.39, 0.29) is 0 Å². The predicted molar refractivity (Wildman–Crippen MR) is 70.7 cm³/mol. The first-order valence-electron chi connectivity index (χ1n) is 6.78. The minimum atomic E-state index is 0.496. The zero-order valence-corrected chi connectivity index (χ0v) is 11.0. The molecule has 2 atom stereocenters. The van der Waals surface area contributed by atoms with Gasteiger partial charge in [0.1, 0.15) is 0 Å². The predicted octanol–water partition coefficient (Wildman–Crippen LogP) is 0.384. The highest BCUT2D eigenvalue weighted by Gasteiger charge is 2.35. The minimum absolute atomic E-state index is 0.496. The van der Waals surface area contributed by atoms with Crippen LogP contribution in [0.15, 0.2) is 4.99 Å². The number of nitrogens with one attached hydrogen (secondary N) is 1. The van der Waals surface area contributed by atoms with Gasteiger partial charge in [-0.05, 0) is 32.7 Å². The van der Waals surface area contributed by atoms with Crippen LogP contribution in [0.2, 0.25) is 0 Å². The third-order valence-corrected chi connectivity index (χ3v) is 3.82. The summed E-state index contributed by atoms with van der Waals surface area (Å²) in [5.41, 5.74) is 2.77. The van der Waals surface area contributed by atoms with Crippen LogP contribution < -0.4 is 11.3 Å². The Hall–Kier alpha value is -0.810. The fraction of sp³-hybridized carbons (Fsp3) is 0.917. The largest absolute Gasteiger partial charge is 0.336 e. The number of hydrogen-bond acceptors (Lipinski definition) is 3. The van der Waals surface area contributed by atoms with Crippen LogP contribution in [-0.2, 0) is 0 Å². The van der Waals surface area contributed by atoms with Crippen LogP contribution in [0, 0.1) is 0 Å². The van der Waals surface area contributed by atoms with Crippen molar-refractivity contribution in [3.63, 3.8) is 0 Å². The van der Waals surface area contributed by atoms with Gasteiger partial charge < -0.3 is 4.90 Å². The van der Waals surface area contributed by atoms with Crippen molar-refractivity contribution in [2.45, 2.75) is 45.2 Å². The summed E-state index contributed by atoms with van der Waals surface area (Å²) in [4.78, 5) is 9.48. The number of fused-ring (bicyclic) bond motifs is 1. The van der Waals surface area contributed by atoms with Gasteiger partial charge in [0.15, 0.2) is 0 Å². The molecule has 2 unspecified atom stereocenters. The van der Waals surface area contributed by atoms with Crippen molar-refractivity contribution in [2.75, 3.05) is 26.2 Å². The third kappa shape index (κ3) is 2.72. The number of rotatable bonds is 2. The highest BCUT2D eigenvalue weighted by Crippen LogP contribution is 2.24. The Kier molecular flexibility index (Phi) is 4.23. The maximum atomic E-state index is 5.61. The SMILES string of the molecule is CCCN=C(NN)N1CC2CCCN2CC1C. The summed E-state index contributed by atoms with van der Waals surface area (Å²) in [5.74, 6) is 6.47. The van der Waals surface area contributed by atoms with E-state index in [0.29, 0.717) is 12.1 Å². The van der Waals surface area contributed by atoms with E-state index in [1.54, 1.807) is 0 Å². The van der Waals surface area contributed by atoms with Crippen LogP contribution in [0.1, 0.15) is 33.1 Å². The van der Waals surface area contributed by atoms with Crippen LogP contribution in [0.5, 0.6) is 0 Å². The van der Waals surface area contributed by atoms with Crippen molar-refractivity contribution in [3.8, 4) is 0 Å². The van der Waals surface area contributed by atoms with Gasteiger partial charge >= 0.3 is 0 Å². The summed E-state index contributed by atoms with van der Waals surface area (Å²) in [6, 6.07) is 1.20. The summed E-state index contributed by atoms with van der Waals surface area (Å²) in [7, 11) is 0. The van der Waals surface area contributed by atoms with Crippen LogP contribution in [0.4, 0.5) is 0 Å². The van der Waals surface area contributed by atoms with E-state index < -0.39 is 0 Å². The topological polar surface area (TPSA) is 56.9 Å². The molecule has 2 heterocycles. The zero-order valence-electron chi connectivity index (χ0n) is 11.0. The van der Waals surface area contributed by atoms with Crippen LogP contribution in [-0.4, -0.2) is 54.0 Å². The summed E-state index contributed by atoms with van der Waals surface area (Å²) < 4.78 is 0. The number of piperazine rings is 1. The van der Waals surface area contributed by atoms with E-state index in [4.69, 9.17) is 5.84 Å². The summed E-state index contributed by atoms with van der Waals surface area (Å²) in [6.07, 6.45) is 3.71. The molecule has 98 valence electrons. The van der Waals surface area contributed by atoms with Crippen molar-refractivity contribution in [1.29, 1.82) is 0 Å². The van der Waals surface area contributed by atoms with E-state index in [9.17, 15) is 0 Å². The lowest BCUT2D eigenvalue weighted by molar-refractivity contribution is 0.106. The number of aliphatic imine (C=N–C) groups is 1. The molecule has 0 aromatic rings. The second-order valence-electron chi connectivity index (χ2n) is 5.14. The Labute approximate surface area is 104 Å². The molecule has 2 aliphatic heterocycles. The molecule has 2 saturated heterocycles. The lowest BCUT2D eigenvalue weighted by Crippen LogP contribution is -2.60. The standard InChI is InChI=1S/C12H25N5/c1-3-6-14-12(15-13)17-9-11-5-4-7-16(11)8-10(17)2/h10-11H,3-9,13H2,1-2H3,(H,14,15). The molecular formula is C12H25N5. The molecule has 5 nitrogen and oxygen atoms in total. The number of nitrogens with two attached hydrogens (primary N) is 1. The van der Waals surface area contributed by atoms with Gasteiger partial charge in [-0.3, -0.25) is 15.3 Å². The fourth-order valence-corrected chi connectivity index (χ4v) is 2.92. The van der Waals surface area contributed by atoms with Gasteiger partial charge in [0.05, 0.1) is 0 Å². The molecule has 0 aliphatic carbocycles. The van der Waals surface area contributed by atoms with E-state index in [1.807, 2.05) is 0 Å². The van der Waals surface area contributed by atoms with Crippen molar-refractivity contribution < 1.29 is 0 Å². The van der Waals surface area contributed by atoms with Crippen LogP contribution in [0.3, 0.4) is 0 Å². The quantitative estimate of drug-likeness (QED) is 0.317. The van der Waals surface area contributed by atoms with Gasteiger partial charge in [0.25, 0.3) is 0 Å². The number of guanidine groups is 1. The van der Waals surface area contributed by atoms with Gasteiger partial charge in [0.2, 0.25) is 5.96 Å². The normalized spacial score (nSPS) is 30.5. The van der Waals surface area contributed by atoms with E-state index in [1.165, 1.54) is 19.4 Å². The van der Waals surface area contributed by atoms with Crippen molar-refractivity contribution in [1.82, 2.24) is 15.2 Å².